The minimum atomic E-state index is -0.155. The van der Waals surface area contributed by atoms with E-state index in [0.29, 0.717) is 11.7 Å². The fraction of sp³-hybridized carbons (Fsp3) is 0.316. The monoisotopic (exact) mass is 297 g/mol. The average Bonchev–Trinajstić information content (AvgIpc) is 2.54. The molecule has 0 radical (unpaired) electrons. The van der Waals surface area contributed by atoms with Crippen LogP contribution in [0.4, 0.5) is 5.69 Å². The molecule has 0 bridgehead atoms. The minimum absolute atomic E-state index is 0.0105. The Bertz CT molecular complexity index is 600. The molecule has 0 aliphatic heterocycles. The molecule has 2 aromatic rings. The first-order valence-corrected chi connectivity index (χ1v) is 7.70. The Labute approximate surface area is 132 Å². The van der Waals surface area contributed by atoms with E-state index in [0.717, 1.165) is 12.1 Å². The lowest BCUT2D eigenvalue weighted by molar-refractivity contribution is -0.118. The van der Waals surface area contributed by atoms with E-state index in [1.54, 1.807) is 0 Å². The molecule has 3 heteroatoms. The van der Waals surface area contributed by atoms with E-state index < -0.39 is 0 Å². The van der Waals surface area contributed by atoms with Gasteiger partial charge in [0, 0.05) is 5.69 Å². The van der Waals surface area contributed by atoms with Crippen molar-refractivity contribution >= 4 is 11.6 Å². The van der Waals surface area contributed by atoms with E-state index in [2.05, 4.69) is 26.1 Å². The molecule has 0 heterocycles. The molecular formula is C19H23NO2. The summed E-state index contributed by atoms with van der Waals surface area (Å²) in [4.78, 5) is 11.9. The zero-order valence-electron chi connectivity index (χ0n) is 13.4. The summed E-state index contributed by atoms with van der Waals surface area (Å²) in [7, 11) is 0. The second-order valence-electron chi connectivity index (χ2n) is 5.61. The van der Waals surface area contributed by atoms with Crippen LogP contribution in [0.25, 0.3) is 0 Å². The zero-order chi connectivity index (χ0) is 15.9. The van der Waals surface area contributed by atoms with Crippen molar-refractivity contribution in [1.82, 2.24) is 0 Å². The number of carbonyl (C=O) groups excluding carboxylic acids is 1. The number of hydrogen-bond donors (Lipinski definition) is 1. The number of anilines is 1. The van der Waals surface area contributed by atoms with Gasteiger partial charge in [0.25, 0.3) is 5.91 Å². The van der Waals surface area contributed by atoms with Gasteiger partial charge in [-0.15, -0.1) is 0 Å². The summed E-state index contributed by atoms with van der Waals surface area (Å²) in [6.45, 7) is 6.41. The molecule has 2 rings (SSSR count). The largest absolute Gasteiger partial charge is 0.484 e. The van der Waals surface area contributed by atoms with Gasteiger partial charge < -0.3 is 10.1 Å². The molecule has 0 aliphatic carbocycles. The van der Waals surface area contributed by atoms with Gasteiger partial charge in [0.15, 0.2) is 6.61 Å². The van der Waals surface area contributed by atoms with Gasteiger partial charge in [-0.1, -0.05) is 45.0 Å². The highest BCUT2D eigenvalue weighted by Crippen LogP contribution is 2.18. The average molecular weight is 297 g/mol. The first-order chi connectivity index (χ1) is 10.6. The Morgan fingerprint density at radius 3 is 2.23 bits per heavy atom. The van der Waals surface area contributed by atoms with Crippen LogP contribution in [0, 0.1) is 0 Å². The van der Waals surface area contributed by atoms with Gasteiger partial charge in [-0.3, -0.25) is 4.79 Å². The zero-order valence-corrected chi connectivity index (χ0v) is 13.4. The second-order valence-corrected chi connectivity index (χ2v) is 5.61. The van der Waals surface area contributed by atoms with E-state index in [9.17, 15) is 4.79 Å². The SMILES string of the molecule is CCc1ccc(NC(=O)COc2ccc(C(C)C)cc2)cc1. The van der Waals surface area contributed by atoms with Crippen LogP contribution in [0.1, 0.15) is 37.8 Å². The fourth-order valence-corrected chi connectivity index (χ4v) is 2.12. The first kappa shape index (κ1) is 16.1. The molecule has 0 aliphatic rings. The maximum atomic E-state index is 11.9. The molecule has 0 saturated heterocycles. The lowest BCUT2D eigenvalue weighted by Crippen LogP contribution is -2.20. The summed E-state index contributed by atoms with van der Waals surface area (Å²) >= 11 is 0. The molecule has 116 valence electrons. The van der Waals surface area contributed by atoms with Crippen LogP contribution < -0.4 is 10.1 Å². The van der Waals surface area contributed by atoms with E-state index in [1.807, 2.05) is 48.5 Å². The number of aryl methyl sites for hydroxylation is 1. The molecule has 0 unspecified atom stereocenters. The Hall–Kier alpha value is -2.29. The Balaban J connectivity index is 1.84. The van der Waals surface area contributed by atoms with Crippen LogP contribution in [-0.4, -0.2) is 12.5 Å². The van der Waals surface area contributed by atoms with Gasteiger partial charge in [0.2, 0.25) is 0 Å². The summed E-state index contributed by atoms with van der Waals surface area (Å²) < 4.78 is 5.51. The summed E-state index contributed by atoms with van der Waals surface area (Å²) in [5.41, 5.74) is 3.30. The highest BCUT2D eigenvalue weighted by molar-refractivity contribution is 5.91. The predicted octanol–water partition coefficient (Wildman–Crippen LogP) is 4.39. The minimum Gasteiger partial charge on any atom is -0.484 e. The van der Waals surface area contributed by atoms with Gasteiger partial charge in [0.1, 0.15) is 5.75 Å². The Morgan fingerprint density at radius 1 is 1.05 bits per heavy atom. The molecule has 1 N–H and O–H groups in total. The third-order valence-electron chi connectivity index (χ3n) is 3.56. The first-order valence-electron chi connectivity index (χ1n) is 7.70. The fourth-order valence-electron chi connectivity index (χ4n) is 2.12. The van der Waals surface area contributed by atoms with Gasteiger partial charge in [-0.05, 0) is 47.7 Å². The third-order valence-corrected chi connectivity index (χ3v) is 3.56. The van der Waals surface area contributed by atoms with Crippen molar-refractivity contribution in [2.24, 2.45) is 0 Å². The third kappa shape index (κ3) is 4.62. The van der Waals surface area contributed by atoms with Crippen LogP contribution in [0.3, 0.4) is 0 Å². The van der Waals surface area contributed by atoms with E-state index >= 15 is 0 Å². The summed E-state index contributed by atoms with van der Waals surface area (Å²) in [6, 6.07) is 15.7. The van der Waals surface area contributed by atoms with Crippen molar-refractivity contribution in [2.75, 3.05) is 11.9 Å². The number of hydrogen-bond acceptors (Lipinski definition) is 2. The van der Waals surface area contributed by atoms with Crippen LogP contribution in [0.15, 0.2) is 48.5 Å². The quantitative estimate of drug-likeness (QED) is 0.858. The highest BCUT2D eigenvalue weighted by atomic mass is 16.5. The lowest BCUT2D eigenvalue weighted by Gasteiger charge is -2.09. The number of rotatable bonds is 6. The van der Waals surface area contributed by atoms with Crippen molar-refractivity contribution in [3.05, 3.63) is 59.7 Å². The van der Waals surface area contributed by atoms with Crippen LogP contribution in [0.2, 0.25) is 0 Å². The van der Waals surface area contributed by atoms with E-state index in [1.165, 1.54) is 11.1 Å². The lowest BCUT2D eigenvalue weighted by atomic mass is 10.0. The van der Waals surface area contributed by atoms with Gasteiger partial charge in [0.05, 0.1) is 0 Å². The topological polar surface area (TPSA) is 38.3 Å². The number of nitrogens with one attached hydrogen (secondary N) is 1. The molecule has 3 nitrogen and oxygen atoms in total. The van der Waals surface area contributed by atoms with Crippen LogP contribution in [0.5, 0.6) is 5.75 Å². The highest BCUT2D eigenvalue weighted by Gasteiger charge is 2.05. The molecule has 1 amide bonds. The van der Waals surface area contributed by atoms with E-state index in [4.69, 9.17) is 4.74 Å². The normalized spacial score (nSPS) is 10.5. The molecule has 22 heavy (non-hydrogen) atoms. The van der Waals surface area contributed by atoms with Gasteiger partial charge >= 0.3 is 0 Å². The number of ether oxygens (including phenoxy) is 1. The van der Waals surface area contributed by atoms with Crippen molar-refractivity contribution in [3.8, 4) is 5.75 Å². The van der Waals surface area contributed by atoms with Crippen molar-refractivity contribution in [3.63, 3.8) is 0 Å². The van der Waals surface area contributed by atoms with Gasteiger partial charge in [-0.25, -0.2) is 0 Å². The van der Waals surface area contributed by atoms with Crippen molar-refractivity contribution in [2.45, 2.75) is 33.1 Å². The van der Waals surface area contributed by atoms with Crippen molar-refractivity contribution in [1.29, 1.82) is 0 Å². The molecule has 0 saturated carbocycles. The maximum Gasteiger partial charge on any atom is 0.262 e. The molecule has 0 atom stereocenters. The molecule has 0 spiro atoms. The van der Waals surface area contributed by atoms with Gasteiger partial charge in [-0.2, -0.15) is 0 Å². The molecule has 0 fully saturated rings. The predicted molar refractivity (Wildman–Crippen MR) is 90.5 cm³/mol. The number of benzene rings is 2. The summed E-state index contributed by atoms with van der Waals surface area (Å²) in [6.07, 6.45) is 0.990. The number of carbonyl (C=O) groups is 1. The van der Waals surface area contributed by atoms with E-state index in [-0.39, 0.29) is 12.5 Å². The second kappa shape index (κ2) is 7.64. The molecule has 2 aromatic carbocycles. The number of amides is 1. The summed E-state index contributed by atoms with van der Waals surface area (Å²) in [5.74, 6) is 1.04. The Kier molecular flexibility index (Phi) is 5.59. The Morgan fingerprint density at radius 2 is 1.68 bits per heavy atom. The molecular weight excluding hydrogens is 274 g/mol. The van der Waals surface area contributed by atoms with Crippen LogP contribution in [-0.2, 0) is 11.2 Å². The smallest absolute Gasteiger partial charge is 0.262 e. The standard InChI is InChI=1S/C19H23NO2/c1-4-15-5-9-17(10-6-15)20-19(21)13-22-18-11-7-16(8-12-18)14(2)3/h5-12,14H,4,13H2,1-3H3,(H,20,21). The summed E-state index contributed by atoms with van der Waals surface area (Å²) in [5, 5.41) is 2.83. The maximum absolute atomic E-state index is 11.9. The van der Waals surface area contributed by atoms with Crippen molar-refractivity contribution < 1.29 is 9.53 Å². The van der Waals surface area contributed by atoms with Crippen LogP contribution >= 0.6 is 0 Å². The molecule has 0 aromatic heterocycles.